The van der Waals surface area contributed by atoms with Crippen molar-refractivity contribution in [3.05, 3.63) is 57.4 Å². The summed E-state index contributed by atoms with van der Waals surface area (Å²) in [4.78, 5) is 16.5. The summed E-state index contributed by atoms with van der Waals surface area (Å²) in [6.07, 6.45) is 5.95. The molecule has 1 N–H and O–H groups in total. The number of thiophene rings is 1. The van der Waals surface area contributed by atoms with E-state index in [4.69, 9.17) is 0 Å². The van der Waals surface area contributed by atoms with Crippen molar-refractivity contribution >= 4 is 28.6 Å². The van der Waals surface area contributed by atoms with Crippen molar-refractivity contribution in [1.82, 2.24) is 20.1 Å². The first-order valence-electron chi connectivity index (χ1n) is 6.48. The topological polar surface area (TPSA) is 59.8 Å². The van der Waals surface area contributed by atoms with E-state index in [1.165, 1.54) is 5.56 Å². The molecule has 0 spiro atoms. The summed E-state index contributed by atoms with van der Waals surface area (Å²) in [7, 11) is 0. The van der Waals surface area contributed by atoms with E-state index in [0.717, 1.165) is 11.4 Å². The van der Waals surface area contributed by atoms with E-state index < -0.39 is 0 Å². The first kappa shape index (κ1) is 14.0. The van der Waals surface area contributed by atoms with Crippen molar-refractivity contribution in [2.45, 2.75) is 19.0 Å². The van der Waals surface area contributed by atoms with Crippen molar-refractivity contribution in [3.63, 3.8) is 0 Å². The summed E-state index contributed by atoms with van der Waals surface area (Å²) in [5, 5.41) is 14.1. The summed E-state index contributed by atoms with van der Waals surface area (Å²) in [5.74, 6) is -0.0610. The standard InChI is InChI=1S/C14H14N4OS2/c19-13(9-18-5-1-3-16-18)17-12(14-15-4-7-21-14)8-11-2-6-20-10-11/h1-7,10,12H,8-9H2,(H,17,19)/t12-/m0/s1. The van der Waals surface area contributed by atoms with Crippen LogP contribution >= 0.6 is 22.7 Å². The summed E-state index contributed by atoms with van der Waals surface area (Å²) < 4.78 is 1.61. The van der Waals surface area contributed by atoms with Gasteiger partial charge in [-0.1, -0.05) is 0 Å². The maximum absolute atomic E-state index is 12.2. The van der Waals surface area contributed by atoms with Crippen LogP contribution in [0.3, 0.4) is 0 Å². The van der Waals surface area contributed by atoms with Crippen molar-refractivity contribution in [2.75, 3.05) is 0 Å². The quantitative estimate of drug-likeness (QED) is 0.759. The van der Waals surface area contributed by atoms with Gasteiger partial charge in [0.2, 0.25) is 5.91 Å². The largest absolute Gasteiger partial charge is 0.345 e. The van der Waals surface area contributed by atoms with Gasteiger partial charge in [-0.25, -0.2) is 4.98 Å². The number of amides is 1. The van der Waals surface area contributed by atoms with Crippen molar-refractivity contribution in [3.8, 4) is 0 Å². The van der Waals surface area contributed by atoms with Gasteiger partial charge in [0.1, 0.15) is 11.6 Å². The molecular formula is C14H14N4OS2. The molecule has 1 amide bonds. The van der Waals surface area contributed by atoms with Crippen LogP contribution < -0.4 is 5.32 Å². The minimum Gasteiger partial charge on any atom is -0.345 e. The predicted octanol–water partition coefficient (Wildman–Crippen LogP) is 2.50. The molecule has 1 atom stereocenters. The van der Waals surface area contributed by atoms with Crippen LogP contribution in [0, 0.1) is 0 Å². The fourth-order valence-corrected chi connectivity index (χ4v) is 3.40. The summed E-state index contributed by atoms with van der Waals surface area (Å²) in [5.41, 5.74) is 1.21. The van der Waals surface area contributed by atoms with Gasteiger partial charge in [0, 0.05) is 30.4 Å². The van der Waals surface area contributed by atoms with Gasteiger partial charge in [0.25, 0.3) is 0 Å². The van der Waals surface area contributed by atoms with Crippen LogP contribution in [-0.4, -0.2) is 20.7 Å². The van der Waals surface area contributed by atoms with Gasteiger partial charge in [-0.15, -0.1) is 11.3 Å². The Morgan fingerprint density at radius 3 is 3.00 bits per heavy atom. The molecule has 0 saturated heterocycles. The van der Waals surface area contributed by atoms with Crippen LogP contribution in [0.2, 0.25) is 0 Å². The van der Waals surface area contributed by atoms with Crippen LogP contribution in [0.25, 0.3) is 0 Å². The Bertz CT molecular complexity index is 662. The molecule has 0 aliphatic rings. The van der Waals surface area contributed by atoms with Gasteiger partial charge in [0.15, 0.2) is 0 Å². The van der Waals surface area contributed by atoms with Crippen LogP contribution in [0.1, 0.15) is 16.6 Å². The highest BCUT2D eigenvalue weighted by molar-refractivity contribution is 7.09. The fourth-order valence-electron chi connectivity index (χ4n) is 2.03. The molecule has 21 heavy (non-hydrogen) atoms. The predicted molar refractivity (Wildman–Crippen MR) is 83.2 cm³/mol. The molecule has 0 bridgehead atoms. The third kappa shape index (κ3) is 3.77. The van der Waals surface area contributed by atoms with Crippen LogP contribution in [0.5, 0.6) is 0 Å². The van der Waals surface area contributed by atoms with Gasteiger partial charge in [-0.05, 0) is 28.5 Å². The molecule has 108 valence electrons. The highest BCUT2D eigenvalue weighted by Gasteiger charge is 2.18. The van der Waals surface area contributed by atoms with Crippen molar-refractivity contribution in [1.29, 1.82) is 0 Å². The van der Waals surface area contributed by atoms with Crippen LogP contribution in [0.4, 0.5) is 0 Å². The zero-order valence-electron chi connectivity index (χ0n) is 11.2. The van der Waals surface area contributed by atoms with Crippen molar-refractivity contribution < 1.29 is 4.79 Å². The second kappa shape index (κ2) is 6.64. The normalized spacial score (nSPS) is 12.2. The van der Waals surface area contributed by atoms with E-state index in [9.17, 15) is 4.79 Å². The Morgan fingerprint density at radius 1 is 1.38 bits per heavy atom. The van der Waals surface area contributed by atoms with Crippen LogP contribution in [0.15, 0.2) is 46.9 Å². The number of carbonyl (C=O) groups is 1. The Hall–Kier alpha value is -1.99. The lowest BCUT2D eigenvalue weighted by molar-refractivity contribution is -0.122. The van der Waals surface area contributed by atoms with E-state index >= 15 is 0 Å². The minimum atomic E-state index is -0.0948. The SMILES string of the molecule is O=C(Cn1cccn1)N[C@@H](Cc1ccsc1)c1nccs1. The monoisotopic (exact) mass is 318 g/mol. The number of carbonyl (C=O) groups excluding carboxylic acids is 1. The summed E-state index contributed by atoms with van der Waals surface area (Å²) in [6.45, 7) is 0.221. The highest BCUT2D eigenvalue weighted by Crippen LogP contribution is 2.21. The number of hydrogen-bond acceptors (Lipinski definition) is 5. The van der Waals surface area contributed by atoms with Gasteiger partial charge in [-0.3, -0.25) is 9.48 Å². The molecule has 0 aliphatic heterocycles. The second-order valence-corrected chi connectivity index (χ2v) is 6.24. The van der Waals surface area contributed by atoms with E-state index in [2.05, 4.69) is 26.8 Å². The maximum Gasteiger partial charge on any atom is 0.242 e. The number of nitrogens with zero attached hydrogens (tertiary/aromatic N) is 3. The minimum absolute atomic E-state index is 0.0610. The Balaban J connectivity index is 1.68. The lowest BCUT2D eigenvalue weighted by atomic mass is 10.1. The van der Waals surface area contributed by atoms with Gasteiger partial charge in [-0.2, -0.15) is 16.4 Å². The Labute approximate surface area is 130 Å². The lowest BCUT2D eigenvalue weighted by Crippen LogP contribution is -2.32. The van der Waals surface area contributed by atoms with Gasteiger partial charge in [0.05, 0.1) is 6.04 Å². The molecule has 0 unspecified atom stereocenters. The zero-order valence-corrected chi connectivity index (χ0v) is 12.8. The number of aromatic nitrogens is 3. The summed E-state index contributed by atoms with van der Waals surface area (Å²) in [6, 6.07) is 3.78. The zero-order chi connectivity index (χ0) is 14.5. The smallest absolute Gasteiger partial charge is 0.242 e. The molecule has 0 aliphatic carbocycles. The number of nitrogens with one attached hydrogen (secondary N) is 1. The second-order valence-electron chi connectivity index (χ2n) is 4.53. The number of thiazole rings is 1. The Kier molecular flexibility index (Phi) is 4.42. The maximum atomic E-state index is 12.2. The number of hydrogen-bond donors (Lipinski definition) is 1. The fraction of sp³-hybridized carbons (Fsp3) is 0.214. The van der Waals surface area contributed by atoms with Crippen LogP contribution in [-0.2, 0) is 17.8 Å². The molecular weight excluding hydrogens is 304 g/mol. The first-order valence-corrected chi connectivity index (χ1v) is 8.31. The molecule has 3 aromatic heterocycles. The van der Waals surface area contributed by atoms with Crippen molar-refractivity contribution in [2.24, 2.45) is 0 Å². The molecule has 5 nitrogen and oxygen atoms in total. The first-order chi connectivity index (χ1) is 10.3. The van der Waals surface area contributed by atoms with E-state index in [-0.39, 0.29) is 18.5 Å². The molecule has 0 saturated carbocycles. The third-order valence-corrected chi connectivity index (χ3v) is 4.59. The molecule has 3 aromatic rings. The third-order valence-electron chi connectivity index (χ3n) is 2.97. The Morgan fingerprint density at radius 2 is 2.33 bits per heavy atom. The van der Waals surface area contributed by atoms with E-state index in [0.29, 0.717) is 0 Å². The molecule has 0 aromatic carbocycles. The number of rotatable bonds is 6. The van der Waals surface area contributed by atoms with Gasteiger partial charge >= 0.3 is 0 Å². The summed E-state index contributed by atoms with van der Waals surface area (Å²) >= 11 is 3.22. The van der Waals surface area contributed by atoms with E-state index in [1.54, 1.807) is 52.0 Å². The molecule has 0 fully saturated rings. The molecule has 3 heterocycles. The average Bonchev–Trinajstić information content (AvgIpc) is 3.22. The molecule has 7 heteroatoms. The van der Waals surface area contributed by atoms with E-state index in [1.807, 2.05) is 10.8 Å². The average molecular weight is 318 g/mol. The van der Waals surface area contributed by atoms with Gasteiger partial charge < -0.3 is 5.32 Å². The molecule has 0 radical (unpaired) electrons. The highest BCUT2D eigenvalue weighted by atomic mass is 32.1. The lowest BCUT2D eigenvalue weighted by Gasteiger charge is -2.16. The molecule has 3 rings (SSSR count).